The molecule has 19 heavy (non-hydrogen) atoms. The first-order valence-electron chi connectivity index (χ1n) is 6.00. The van der Waals surface area contributed by atoms with E-state index in [4.69, 9.17) is 10.00 Å². The monoisotopic (exact) mass is 250 g/mol. The molecular formula is C15H12N3O+. The molecule has 4 heteroatoms. The van der Waals surface area contributed by atoms with Crippen molar-refractivity contribution in [1.29, 1.82) is 5.26 Å². The van der Waals surface area contributed by atoms with Crippen molar-refractivity contribution < 1.29 is 9.43 Å². The lowest BCUT2D eigenvalue weighted by Gasteiger charge is -2.13. The summed E-state index contributed by atoms with van der Waals surface area (Å²) in [5.74, 6) is 0.570. The number of benzene rings is 2. The third-order valence-electron chi connectivity index (χ3n) is 2.95. The second-order valence-electron chi connectivity index (χ2n) is 4.38. The van der Waals surface area contributed by atoms with Gasteiger partial charge in [-0.1, -0.05) is 18.2 Å². The molecule has 0 saturated carbocycles. The molecule has 1 aliphatic heterocycles. The molecule has 0 aliphatic carbocycles. The van der Waals surface area contributed by atoms with Crippen LogP contribution in [0.5, 0.6) is 5.75 Å². The highest BCUT2D eigenvalue weighted by Crippen LogP contribution is 2.36. The largest absolute Gasteiger partial charge is 0.430 e. The van der Waals surface area contributed by atoms with E-state index in [0.29, 0.717) is 23.7 Å². The number of para-hydroxylation sites is 1. The molecule has 0 bridgehead atoms. The fourth-order valence-electron chi connectivity index (χ4n) is 2.08. The predicted molar refractivity (Wildman–Crippen MR) is 69.8 cm³/mol. The lowest BCUT2D eigenvalue weighted by atomic mass is 10.1. The summed E-state index contributed by atoms with van der Waals surface area (Å²) < 4.78 is 7.46. The average molecular weight is 250 g/mol. The van der Waals surface area contributed by atoms with Crippen LogP contribution >= 0.6 is 0 Å². The Kier molecular flexibility index (Phi) is 2.73. The van der Waals surface area contributed by atoms with Crippen molar-refractivity contribution in [3.05, 3.63) is 53.6 Å². The number of nitrogens with zero attached hydrogens (tertiary/aromatic N) is 3. The number of nitriles is 1. The Morgan fingerprint density at radius 3 is 2.79 bits per heavy atom. The van der Waals surface area contributed by atoms with Gasteiger partial charge in [0.15, 0.2) is 11.4 Å². The van der Waals surface area contributed by atoms with Crippen LogP contribution in [0.25, 0.3) is 0 Å². The predicted octanol–water partition coefficient (Wildman–Crippen LogP) is 3.64. The maximum absolute atomic E-state index is 9.12. The average Bonchev–Trinajstić information content (AvgIpc) is 2.46. The molecule has 2 aromatic carbocycles. The van der Waals surface area contributed by atoms with Gasteiger partial charge in [0.05, 0.1) is 5.56 Å². The molecule has 3 rings (SSSR count). The van der Waals surface area contributed by atoms with Crippen molar-refractivity contribution in [2.45, 2.75) is 6.92 Å². The highest BCUT2D eigenvalue weighted by molar-refractivity contribution is 5.61. The molecule has 0 radical (unpaired) electrons. The highest BCUT2D eigenvalue weighted by Gasteiger charge is 2.23. The van der Waals surface area contributed by atoms with E-state index >= 15 is 0 Å². The summed E-state index contributed by atoms with van der Waals surface area (Å²) in [5.41, 5.74) is 3.20. The second-order valence-corrected chi connectivity index (χ2v) is 4.38. The summed E-state index contributed by atoms with van der Waals surface area (Å²) in [4.78, 5) is 0. The Hall–Kier alpha value is -2.67. The molecule has 0 fully saturated rings. The zero-order valence-electron chi connectivity index (χ0n) is 10.5. The van der Waals surface area contributed by atoms with Gasteiger partial charge in [0.2, 0.25) is 5.69 Å². The Balaban J connectivity index is 2.11. The minimum absolute atomic E-state index is 0.314. The van der Waals surface area contributed by atoms with Crippen LogP contribution in [0.4, 0.5) is 11.4 Å². The summed E-state index contributed by atoms with van der Waals surface area (Å²) in [6, 6.07) is 15.7. The molecule has 92 valence electrons. The van der Waals surface area contributed by atoms with Crippen LogP contribution in [-0.4, -0.2) is 11.4 Å². The van der Waals surface area contributed by atoms with Crippen LogP contribution in [0.1, 0.15) is 11.1 Å². The SMILES string of the molecule is Cc1cc(C#N)c2c(c1)N=[N+](c1ccccc1)CO2. The van der Waals surface area contributed by atoms with Crippen molar-refractivity contribution in [3.63, 3.8) is 0 Å². The molecular weight excluding hydrogens is 238 g/mol. The van der Waals surface area contributed by atoms with Gasteiger partial charge in [-0.15, -0.1) is 0 Å². The van der Waals surface area contributed by atoms with Crippen LogP contribution < -0.4 is 4.74 Å². The van der Waals surface area contributed by atoms with Crippen LogP contribution in [0.2, 0.25) is 0 Å². The van der Waals surface area contributed by atoms with E-state index in [1.54, 1.807) is 4.70 Å². The van der Waals surface area contributed by atoms with E-state index in [0.717, 1.165) is 11.3 Å². The van der Waals surface area contributed by atoms with E-state index in [9.17, 15) is 0 Å². The van der Waals surface area contributed by atoms with Gasteiger partial charge in [0.25, 0.3) is 0 Å². The summed E-state index contributed by atoms with van der Waals surface area (Å²) in [6.45, 7) is 2.26. The summed E-state index contributed by atoms with van der Waals surface area (Å²) in [5, 5.41) is 13.7. The van der Waals surface area contributed by atoms with Gasteiger partial charge in [-0.2, -0.15) is 5.26 Å². The minimum atomic E-state index is 0.314. The maximum atomic E-state index is 9.12. The van der Waals surface area contributed by atoms with Gasteiger partial charge >= 0.3 is 6.73 Å². The standard InChI is InChI=1S/C15H12N3O/c1-11-7-12(9-16)15-14(8-11)17-18(10-19-15)13-5-3-2-4-6-13/h2-8H,10H2,1H3/q+1. The highest BCUT2D eigenvalue weighted by atomic mass is 16.5. The van der Waals surface area contributed by atoms with E-state index in [1.165, 1.54) is 0 Å². The molecule has 2 aromatic rings. The summed E-state index contributed by atoms with van der Waals surface area (Å²) in [7, 11) is 0. The first kappa shape index (κ1) is 11.4. The van der Waals surface area contributed by atoms with E-state index in [1.807, 2.05) is 49.4 Å². The Morgan fingerprint density at radius 2 is 2.05 bits per heavy atom. The zero-order valence-corrected chi connectivity index (χ0v) is 10.5. The Morgan fingerprint density at radius 1 is 1.26 bits per heavy atom. The topological polar surface area (TPSA) is 48.4 Å². The van der Waals surface area contributed by atoms with Crippen LogP contribution in [0, 0.1) is 18.3 Å². The zero-order chi connectivity index (χ0) is 13.2. The number of ether oxygens (including phenoxy) is 1. The van der Waals surface area contributed by atoms with E-state index in [-0.39, 0.29) is 0 Å². The molecule has 0 spiro atoms. The van der Waals surface area contributed by atoms with Gasteiger partial charge in [0.1, 0.15) is 6.07 Å². The van der Waals surface area contributed by atoms with Gasteiger partial charge in [-0.25, -0.2) is 0 Å². The number of hydrogen-bond acceptors (Lipinski definition) is 3. The van der Waals surface area contributed by atoms with Crippen molar-refractivity contribution >= 4 is 11.4 Å². The first-order chi connectivity index (χ1) is 9.28. The van der Waals surface area contributed by atoms with Crippen LogP contribution in [0.15, 0.2) is 47.6 Å². The number of hydrogen-bond donors (Lipinski definition) is 0. The summed E-state index contributed by atoms with van der Waals surface area (Å²) in [6.07, 6.45) is 0. The van der Waals surface area contributed by atoms with E-state index in [2.05, 4.69) is 11.2 Å². The normalized spacial score (nSPS) is 12.9. The quantitative estimate of drug-likeness (QED) is 0.725. The second kappa shape index (κ2) is 4.54. The molecule has 0 atom stereocenters. The van der Waals surface area contributed by atoms with Gasteiger partial charge < -0.3 is 4.74 Å². The summed E-state index contributed by atoms with van der Waals surface area (Å²) >= 11 is 0. The fourth-order valence-corrected chi connectivity index (χ4v) is 2.08. The van der Waals surface area contributed by atoms with Crippen molar-refractivity contribution in [2.75, 3.05) is 6.73 Å². The fraction of sp³-hybridized carbons (Fsp3) is 0.133. The maximum Gasteiger partial charge on any atom is 0.317 e. The Labute approximate surface area is 111 Å². The molecule has 1 heterocycles. The minimum Gasteiger partial charge on any atom is -0.430 e. The third kappa shape index (κ3) is 2.06. The number of rotatable bonds is 1. The molecule has 4 nitrogen and oxygen atoms in total. The van der Waals surface area contributed by atoms with Gasteiger partial charge in [-0.05, 0) is 29.3 Å². The molecule has 0 N–H and O–H groups in total. The first-order valence-corrected chi connectivity index (χ1v) is 6.00. The third-order valence-corrected chi connectivity index (χ3v) is 2.95. The van der Waals surface area contributed by atoms with Crippen LogP contribution in [0.3, 0.4) is 0 Å². The lowest BCUT2D eigenvalue weighted by molar-refractivity contribution is -0.544. The molecule has 1 aliphatic rings. The number of fused-ring (bicyclic) bond motifs is 1. The molecule has 0 amide bonds. The van der Waals surface area contributed by atoms with E-state index < -0.39 is 0 Å². The Bertz CT molecular complexity index is 699. The van der Waals surface area contributed by atoms with Crippen molar-refractivity contribution in [2.24, 2.45) is 5.11 Å². The number of azo groups is 2. The smallest absolute Gasteiger partial charge is 0.317 e. The number of aryl methyl sites for hydroxylation is 1. The molecule has 0 saturated heterocycles. The lowest BCUT2D eigenvalue weighted by Crippen LogP contribution is -2.15. The van der Waals surface area contributed by atoms with Gasteiger partial charge in [-0.3, -0.25) is 0 Å². The van der Waals surface area contributed by atoms with Crippen LogP contribution in [-0.2, 0) is 0 Å². The molecule has 0 aromatic heterocycles. The van der Waals surface area contributed by atoms with Gasteiger partial charge in [0, 0.05) is 17.2 Å². The molecule has 0 unspecified atom stereocenters. The van der Waals surface area contributed by atoms with Crippen molar-refractivity contribution in [1.82, 2.24) is 0 Å². The van der Waals surface area contributed by atoms with Crippen molar-refractivity contribution in [3.8, 4) is 11.8 Å².